The molecule has 0 aliphatic rings. The first-order valence-electron chi connectivity index (χ1n) is 6.15. The molecule has 1 aromatic carbocycles. The van der Waals surface area contributed by atoms with Crippen LogP contribution in [0.3, 0.4) is 0 Å². The third-order valence-corrected chi connectivity index (χ3v) is 3.06. The van der Waals surface area contributed by atoms with E-state index in [1.807, 2.05) is 0 Å². The van der Waals surface area contributed by atoms with Crippen LogP contribution in [0, 0.1) is 6.92 Å². The molecule has 0 heterocycles. The minimum atomic E-state index is -2.44. The summed E-state index contributed by atoms with van der Waals surface area (Å²) in [6, 6.07) is 7.02. The number of hydrogen-bond donors (Lipinski definition) is 4. The minimum absolute atomic E-state index is 0.298. The lowest BCUT2D eigenvalue weighted by Crippen LogP contribution is -2.34. The van der Waals surface area contributed by atoms with E-state index in [0.717, 1.165) is 5.56 Å². The van der Waals surface area contributed by atoms with Crippen LogP contribution < -0.4 is 0 Å². The van der Waals surface area contributed by atoms with Crippen molar-refractivity contribution in [1.29, 1.82) is 0 Å². The van der Waals surface area contributed by atoms with Gasteiger partial charge in [-0.3, -0.25) is 9.59 Å². The summed E-state index contributed by atoms with van der Waals surface area (Å²) >= 11 is 0. The summed E-state index contributed by atoms with van der Waals surface area (Å²) in [5, 5.41) is 37.0. The molecule has 110 valence electrons. The van der Waals surface area contributed by atoms with Gasteiger partial charge in [0, 0.05) is 6.42 Å². The molecule has 0 aliphatic carbocycles. The van der Waals surface area contributed by atoms with Crippen LogP contribution in [0.5, 0.6) is 0 Å². The molecule has 0 aromatic heterocycles. The van der Waals surface area contributed by atoms with Crippen molar-refractivity contribution in [1.82, 2.24) is 0 Å². The zero-order chi connectivity index (χ0) is 15.3. The second-order valence-electron chi connectivity index (χ2n) is 4.91. The van der Waals surface area contributed by atoms with Gasteiger partial charge in [0.25, 0.3) is 0 Å². The highest BCUT2D eigenvalue weighted by atomic mass is 16.5. The van der Waals surface area contributed by atoms with Gasteiger partial charge in [0.1, 0.15) is 0 Å². The van der Waals surface area contributed by atoms with Crippen LogP contribution in [0.25, 0.3) is 0 Å². The fourth-order valence-corrected chi connectivity index (χ4v) is 2.26. The summed E-state index contributed by atoms with van der Waals surface area (Å²) < 4.78 is 0. The van der Waals surface area contributed by atoms with Gasteiger partial charge in [-0.15, -0.1) is 0 Å². The predicted molar refractivity (Wildman–Crippen MR) is 70.2 cm³/mol. The number of carboxylic acids is 2. The van der Waals surface area contributed by atoms with Crippen molar-refractivity contribution in [3.8, 4) is 0 Å². The first-order chi connectivity index (χ1) is 9.21. The van der Waals surface area contributed by atoms with Crippen LogP contribution in [-0.2, 0) is 9.59 Å². The second-order valence-corrected chi connectivity index (χ2v) is 4.91. The first-order valence-corrected chi connectivity index (χ1v) is 6.15. The van der Waals surface area contributed by atoms with Crippen LogP contribution in [0.15, 0.2) is 24.3 Å². The number of aryl methyl sites for hydroxylation is 1. The minimum Gasteiger partial charge on any atom is -0.481 e. The molecule has 6 nitrogen and oxygen atoms in total. The Bertz CT molecular complexity index is 494. The Kier molecular flexibility index (Phi) is 5.24. The van der Waals surface area contributed by atoms with Crippen molar-refractivity contribution in [3.63, 3.8) is 0 Å². The van der Waals surface area contributed by atoms with Crippen LogP contribution in [-0.4, -0.2) is 38.2 Å². The summed E-state index contributed by atoms with van der Waals surface area (Å²) in [6.45, 7) is 1.79. The van der Waals surface area contributed by atoms with E-state index in [0.29, 0.717) is 5.56 Å². The lowest BCUT2D eigenvalue weighted by Gasteiger charge is -2.26. The molecule has 1 rings (SSSR count). The van der Waals surface area contributed by atoms with Crippen LogP contribution in [0.1, 0.15) is 36.3 Å². The van der Waals surface area contributed by atoms with Crippen molar-refractivity contribution in [2.75, 3.05) is 0 Å². The topological polar surface area (TPSA) is 115 Å². The molecule has 0 saturated carbocycles. The van der Waals surface area contributed by atoms with E-state index in [4.69, 9.17) is 10.2 Å². The molecule has 0 saturated heterocycles. The van der Waals surface area contributed by atoms with E-state index in [1.54, 1.807) is 31.2 Å². The second kappa shape index (κ2) is 6.49. The van der Waals surface area contributed by atoms with Gasteiger partial charge in [-0.2, -0.15) is 0 Å². The Hall–Kier alpha value is -1.92. The Balaban J connectivity index is 2.99. The Morgan fingerprint density at radius 2 is 1.75 bits per heavy atom. The average molecular weight is 282 g/mol. The van der Waals surface area contributed by atoms with E-state index in [1.165, 1.54) is 0 Å². The molecule has 1 unspecified atom stereocenters. The van der Waals surface area contributed by atoms with E-state index >= 15 is 0 Å². The lowest BCUT2D eigenvalue weighted by atomic mass is 9.85. The van der Waals surface area contributed by atoms with Gasteiger partial charge >= 0.3 is 11.9 Å². The molecule has 1 atom stereocenters. The highest BCUT2D eigenvalue weighted by Gasteiger charge is 2.32. The van der Waals surface area contributed by atoms with Crippen LogP contribution in [0.4, 0.5) is 0 Å². The fourth-order valence-electron chi connectivity index (χ4n) is 2.26. The van der Waals surface area contributed by atoms with Crippen molar-refractivity contribution >= 4 is 11.9 Å². The Morgan fingerprint density at radius 1 is 1.15 bits per heavy atom. The molecule has 4 N–H and O–H groups in total. The molecule has 20 heavy (non-hydrogen) atoms. The summed E-state index contributed by atoms with van der Waals surface area (Å²) in [5.41, 5.74) is 1.50. The average Bonchev–Trinajstić information content (AvgIpc) is 2.25. The van der Waals surface area contributed by atoms with Gasteiger partial charge in [-0.1, -0.05) is 24.3 Å². The molecule has 1 aromatic rings. The molecular formula is C14H18O6. The first kappa shape index (κ1) is 16.1. The molecule has 0 amide bonds. The number of aliphatic carboxylic acids is 2. The molecule has 0 fully saturated rings. The summed E-state index contributed by atoms with van der Waals surface area (Å²) in [6.07, 6.45) is -1.50. The maximum Gasteiger partial charge on any atom is 0.308 e. The summed E-state index contributed by atoms with van der Waals surface area (Å²) in [5.74, 6) is -5.53. The summed E-state index contributed by atoms with van der Waals surface area (Å²) in [7, 11) is 0. The number of carbonyl (C=O) groups is 2. The number of carboxylic acid groups (broad SMARTS) is 2. The standard InChI is InChI=1S/C14H18O6/c1-9-4-2-3-5-11(9)10(6-12(15)16)7-14(19,20)8-13(17)18/h2-5,10,19-20H,6-8H2,1H3,(H,15,16)(H,17,18). The van der Waals surface area contributed by atoms with Gasteiger partial charge in [0.05, 0.1) is 12.8 Å². The number of benzene rings is 1. The molecule has 0 spiro atoms. The van der Waals surface area contributed by atoms with Gasteiger partial charge in [0.2, 0.25) is 0 Å². The third kappa shape index (κ3) is 4.99. The van der Waals surface area contributed by atoms with Crippen LogP contribution in [0.2, 0.25) is 0 Å². The highest BCUT2D eigenvalue weighted by molar-refractivity contribution is 5.69. The molecule has 0 aliphatic heterocycles. The largest absolute Gasteiger partial charge is 0.481 e. The van der Waals surface area contributed by atoms with Crippen molar-refractivity contribution < 1.29 is 30.0 Å². The smallest absolute Gasteiger partial charge is 0.308 e. The van der Waals surface area contributed by atoms with Crippen molar-refractivity contribution in [2.45, 2.75) is 37.9 Å². The van der Waals surface area contributed by atoms with Gasteiger partial charge in [-0.05, 0) is 24.0 Å². The molecule has 0 radical (unpaired) electrons. The quantitative estimate of drug-likeness (QED) is 0.557. The van der Waals surface area contributed by atoms with E-state index in [9.17, 15) is 19.8 Å². The summed E-state index contributed by atoms with van der Waals surface area (Å²) in [4.78, 5) is 21.5. The predicted octanol–water partition coefficient (Wildman–Crippen LogP) is 1.10. The van der Waals surface area contributed by atoms with Gasteiger partial charge in [0.15, 0.2) is 5.79 Å². The van der Waals surface area contributed by atoms with E-state index in [2.05, 4.69) is 0 Å². The van der Waals surface area contributed by atoms with Crippen molar-refractivity contribution in [2.24, 2.45) is 0 Å². The third-order valence-electron chi connectivity index (χ3n) is 3.06. The number of hydrogen-bond acceptors (Lipinski definition) is 4. The SMILES string of the molecule is Cc1ccccc1C(CC(=O)O)CC(O)(O)CC(=O)O. The van der Waals surface area contributed by atoms with Gasteiger partial charge in [-0.25, -0.2) is 0 Å². The fraction of sp³-hybridized carbons (Fsp3) is 0.429. The zero-order valence-electron chi connectivity index (χ0n) is 11.1. The number of rotatable bonds is 7. The molecule has 6 heteroatoms. The molecular weight excluding hydrogens is 264 g/mol. The highest BCUT2D eigenvalue weighted by Crippen LogP contribution is 2.31. The monoisotopic (exact) mass is 282 g/mol. The normalized spacial score (nSPS) is 12.9. The van der Waals surface area contributed by atoms with E-state index < -0.39 is 30.1 Å². The van der Waals surface area contributed by atoms with E-state index in [-0.39, 0.29) is 12.8 Å². The number of aliphatic hydroxyl groups is 2. The maximum atomic E-state index is 10.9. The lowest BCUT2D eigenvalue weighted by molar-refractivity contribution is -0.186. The van der Waals surface area contributed by atoms with Crippen molar-refractivity contribution in [3.05, 3.63) is 35.4 Å². The Morgan fingerprint density at radius 3 is 2.25 bits per heavy atom. The van der Waals surface area contributed by atoms with Crippen LogP contribution >= 0.6 is 0 Å². The maximum absolute atomic E-state index is 10.9. The van der Waals surface area contributed by atoms with Gasteiger partial charge < -0.3 is 20.4 Å². The zero-order valence-corrected chi connectivity index (χ0v) is 11.1. The Labute approximate surface area is 116 Å². The molecule has 0 bridgehead atoms.